The lowest BCUT2D eigenvalue weighted by molar-refractivity contribution is -0.159. The van der Waals surface area contributed by atoms with Crippen molar-refractivity contribution in [1.82, 2.24) is 5.32 Å². The highest BCUT2D eigenvalue weighted by Crippen LogP contribution is 2.32. The molecule has 9 heteroatoms. The van der Waals surface area contributed by atoms with E-state index in [9.17, 15) is 35.1 Å². The Morgan fingerprint density at radius 3 is 2.11 bits per heavy atom. The van der Waals surface area contributed by atoms with Gasteiger partial charge in [0.2, 0.25) is 5.91 Å². The predicted molar refractivity (Wildman–Crippen MR) is 132 cm³/mol. The molecule has 1 amide bonds. The van der Waals surface area contributed by atoms with Gasteiger partial charge in [-0.3, -0.25) is 4.79 Å². The first-order valence-corrected chi connectivity index (χ1v) is 13.0. The lowest BCUT2D eigenvalue weighted by atomic mass is 9.78. The number of esters is 1. The Morgan fingerprint density at radius 2 is 1.54 bits per heavy atom. The lowest BCUT2D eigenvalue weighted by Crippen LogP contribution is -2.44. The van der Waals surface area contributed by atoms with Crippen molar-refractivity contribution >= 4 is 11.9 Å². The average Bonchev–Trinajstić information content (AvgIpc) is 2.74. The molecular formula is C26H49NO8. The van der Waals surface area contributed by atoms with E-state index in [1.54, 1.807) is 13.8 Å². The molecule has 0 radical (unpaired) electrons. The fourth-order valence-electron chi connectivity index (χ4n) is 5.24. The number of aliphatic hydroxyl groups excluding tert-OH is 5. The van der Waals surface area contributed by atoms with E-state index in [0.29, 0.717) is 12.8 Å². The van der Waals surface area contributed by atoms with Crippen molar-refractivity contribution in [2.75, 3.05) is 0 Å². The molecule has 0 spiro atoms. The Balaban J connectivity index is 3.03. The first-order valence-electron chi connectivity index (χ1n) is 13.0. The van der Waals surface area contributed by atoms with Gasteiger partial charge in [0.25, 0.3) is 0 Å². The molecule has 12 unspecified atom stereocenters. The quantitative estimate of drug-likeness (QED) is 0.271. The van der Waals surface area contributed by atoms with Gasteiger partial charge in [0.15, 0.2) is 0 Å². The van der Waals surface area contributed by atoms with Gasteiger partial charge in [0, 0.05) is 5.92 Å². The number of hydrogen-bond donors (Lipinski definition) is 6. The molecule has 1 saturated heterocycles. The molecule has 35 heavy (non-hydrogen) atoms. The van der Waals surface area contributed by atoms with Gasteiger partial charge in [-0.25, -0.2) is 4.79 Å². The van der Waals surface area contributed by atoms with Crippen LogP contribution in [0.25, 0.3) is 0 Å². The Morgan fingerprint density at radius 1 is 0.943 bits per heavy atom. The van der Waals surface area contributed by atoms with E-state index < -0.39 is 60.5 Å². The third kappa shape index (κ3) is 10.3. The minimum absolute atomic E-state index is 0.0700. The second-order valence-corrected chi connectivity index (χ2v) is 11.2. The first kappa shape index (κ1) is 31.8. The highest BCUT2D eigenvalue weighted by atomic mass is 16.5. The Bertz CT molecular complexity index is 659. The van der Waals surface area contributed by atoms with Gasteiger partial charge in [0.1, 0.15) is 12.1 Å². The molecule has 1 fully saturated rings. The van der Waals surface area contributed by atoms with Gasteiger partial charge < -0.3 is 35.6 Å². The van der Waals surface area contributed by atoms with Gasteiger partial charge in [0.05, 0.1) is 36.9 Å². The summed E-state index contributed by atoms with van der Waals surface area (Å²) < 4.78 is 5.89. The highest BCUT2D eigenvalue weighted by Gasteiger charge is 2.36. The number of carbonyl (C=O) groups excluding carboxylic acids is 2. The van der Waals surface area contributed by atoms with E-state index in [4.69, 9.17) is 4.74 Å². The molecule has 0 aliphatic carbocycles. The molecule has 0 saturated carbocycles. The van der Waals surface area contributed by atoms with Crippen molar-refractivity contribution in [2.45, 2.75) is 123 Å². The summed E-state index contributed by atoms with van der Waals surface area (Å²) in [5.74, 6) is -2.17. The molecular weight excluding hydrogens is 454 g/mol. The summed E-state index contributed by atoms with van der Waals surface area (Å²) in [6, 6.07) is -0.890. The normalized spacial score (nSPS) is 34.6. The molecule has 0 aromatic heterocycles. The van der Waals surface area contributed by atoms with Gasteiger partial charge in [-0.2, -0.15) is 0 Å². The number of rotatable bonds is 8. The van der Waals surface area contributed by atoms with E-state index >= 15 is 0 Å². The first-order chi connectivity index (χ1) is 16.1. The van der Waals surface area contributed by atoms with Crippen LogP contribution in [0.5, 0.6) is 0 Å². The van der Waals surface area contributed by atoms with Gasteiger partial charge in [-0.15, -0.1) is 0 Å². The molecule has 6 N–H and O–H groups in total. The molecule has 12 atom stereocenters. The van der Waals surface area contributed by atoms with Crippen LogP contribution in [-0.2, 0) is 14.3 Å². The Hall–Kier alpha value is -1.26. The van der Waals surface area contributed by atoms with Crippen molar-refractivity contribution in [2.24, 2.45) is 29.6 Å². The molecule has 1 aliphatic rings. The maximum absolute atomic E-state index is 12.8. The van der Waals surface area contributed by atoms with E-state index in [1.165, 1.54) is 6.92 Å². The molecule has 1 aliphatic heterocycles. The van der Waals surface area contributed by atoms with Crippen LogP contribution >= 0.6 is 0 Å². The van der Waals surface area contributed by atoms with Crippen molar-refractivity contribution in [3.63, 3.8) is 0 Å². The summed E-state index contributed by atoms with van der Waals surface area (Å²) in [6.45, 7) is 12.5. The Kier molecular flexibility index (Phi) is 13.1. The summed E-state index contributed by atoms with van der Waals surface area (Å²) in [7, 11) is 0. The molecule has 1 rings (SSSR count). The number of carbonyl (C=O) groups is 2. The monoisotopic (exact) mass is 503 g/mol. The third-order valence-corrected chi connectivity index (χ3v) is 7.49. The standard InChI is InChI=1S/C26H49NO8/c1-13-8-15(3)25(16(4)9-14(2)24(33)18(6)22(31)10-17(5)28)35-26(34)19(7)27-23(32)12-20(29)11-21(13)30/h13-22,24-25,28-31,33H,8-12H2,1-7H3,(H,27,32). The van der Waals surface area contributed by atoms with Crippen molar-refractivity contribution in [3.8, 4) is 0 Å². The summed E-state index contributed by atoms with van der Waals surface area (Å²) in [5.41, 5.74) is 0. The minimum atomic E-state index is -1.00. The largest absolute Gasteiger partial charge is 0.460 e. The number of cyclic esters (lactones) is 1. The number of aliphatic hydroxyl groups is 5. The highest BCUT2D eigenvalue weighted by molar-refractivity contribution is 5.84. The maximum Gasteiger partial charge on any atom is 0.328 e. The van der Waals surface area contributed by atoms with Crippen LogP contribution in [0.4, 0.5) is 0 Å². The lowest BCUT2D eigenvalue weighted by Gasteiger charge is -2.35. The van der Waals surface area contributed by atoms with E-state index in [0.717, 1.165) is 0 Å². The van der Waals surface area contributed by atoms with Gasteiger partial charge in [-0.05, 0) is 63.2 Å². The number of nitrogens with one attached hydrogen (secondary N) is 1. The molecule has 0 aromatic rings. The molecule has 9 nitrogen and oxygen atoms in total. The summed E-state index contributed by atoms with van der Waals surface area (Å²) in [5, 5.41) is 54.0. The van der Waals surface area contributed by atoms with Crippen molar-refractivity contribution < 1.29 is 39.9 Å². The minimum Gasteiger partial charge on any atom is -0.460 e. The number of amides is 1. The SMILES string of the molecule is CC(O)CC(O)C(C)C(O)C(C)CC(C)C1OC(=O)C(C)NC(=O)CC(O)CC(O)C(C)CC1C. The smallest absolute Gasteiger partial charge is 0.328 e. The van der Waals surface area contributed by atoms with Crippen LogP contribution in [0.2, 0.25) is 0 Å². The second-order valence-electron chi connectivity index (χ2n) is 11.2. The van der Waals surface area contributed by atoms with Crippen LogP contribution in [0.1, 0.15) is 80.6 Å². The van der Waals surface area contributed by atoms with Crippen LogP contribution in [-0.4, -0.2) is 80.1 Å². The summed E-state index contributed by atoms with van der Waals surface area (Å²) >= 11 is 0. The Labute approximate surface area is 210 Å². The van der Waals surface area contributed by atoms with Gasteiger partial charge in [-0.1, -0.05) is 34.6 Å². The number of hydrogen-bond acceptors (Lipinski definition) is 8. The zero-order valence-electron chi connectivity index (χ0n) is 22.4. The topological polar surface area (TPSA) is 157 Å². The second kappa shape index (κ2) is 14.5. The van der Waals surface area contributed by atoms with Crippen LogP contribution < -0.4 is 5.32 Å². The van der Waals surface area contributed by atoms with Crippen LogP contribution in [0.3, 0.4) is 0 Å². The fraction of sp³-hybridized carbons (Fsp3) is 0.923. The van der Waals surface area contributed by atoms with Gasteiger partial charge >= 0.3 is 5.97 Å². The zero-order valence-corrected chi connectivity index (χ0v) is 22.4. The average molecular weight is 504 g/mol. The fourth-order valence-corrected chi connectivity index (χ4v) is 5.24. The van der Waals surface area contributed by atoms with Crippen LogP contribution in [0.15, 0.2) is 0 Å². The van der Waals surface area contributed by atoms with E-state index in [2.05, 4.69) is 5.32 Å². The van der Waals surface area contributed by atoms with Crippen LogP contribution in [0, 0.1) is 29.6 Å². The predicted octanol–water partition coefficient (Wildman–Crippen LogP) is 1.37. The third-order valence-electron chi connectivity index (χ3n) is 7.49. The maximum atomic E-state index is 12.8. The van der Waals surface area contributed by atoms with Crippen molar-refractivity contribution in [1.29, 1.82) is 0 Å². The van der Waals surface area contributed by atoms with Crippen molar-refractivity contribution in [3.05, 3.63) is 0 Å². The summed E-state index contributed by atoms with van der Waals surface area (Å²) in [6.07, 6.45) is -3.54. The van der Waals surface area contributed by atoms with E-state index in [-0.39, 0.29) is 42.9 Å². The zero-order chi connectivity index (χ0) is 27.0. The van der Waals surface area contributed by atoms with E-state index in [1.807, 2.05) is 27.7 Å². The molecule has 1 heterocycles. The molecule has 206 valence electrons. The number of ether oxygens (including phenoxy) is 1. The summed E-state index contributed by atoms with van der Waals surface area (Å²) in [4.78, 5) is 25.0. The molecule has 0 bridgehead atoms. The molecule has 0 aromatic carbocycles.